The molecule has 124 valence electrons. The fourth-order valence-electron chi connectivity index (χ4n) is 1.61. The fourth-order valence-corrected chi connectivity index (χ4v) is 1.61. The highest BCUT2D eigenvalue weighted by Crippen LogP contribution is 2.35. The number of phenolic OH excluding ortho intramolecular Hbond substituents is 3. The Kier molecular flexibility index (Phi) is 9.17. The highest BCUT2D eigenvalue weighted by atomic mass is 16.4. The number of hydrogen-bond donors (Lipinski definition) is 5. The van der Waals surface area contributed by atoms with Gasteiger partial charge < -0.3 is 25.5 Å². The Hall–Kier alpha value is -2.44. The molecule has 0 heterocycles. The SMILES string of the molecule is CCCCCCCC(=O)O.O=C(O)c1cc(O)c(O)c(O)c1. The van der Waals surface area contributed by atoms with Crippen LogP contribution in [0, 0.1) is 0 Å². The summed E-state index contributed by atoms with van der Waals surface area (Å²) in [7, 11) is 0. The Bertz CT molecular complexity index is 474. The predicted molar refractivity (Wildman–Crippen MR) is 79.4 cm³/mol. The van der Waals surface area contributed by atoms with Crippen molar-refractivity contribution in [1.29, 1.82) is 0 Å². The molecule has 0 saturated carbocycles. The second kappa shape index (κ2) is 10.3. The Morgan fingerprint density at radius 2 is 1.41 bits per heavy atom. The van der Waals surface area contributed by atoms with Crippen LogP contribution in [0.15, 0.2) is 12.1 Å². The normalized spacial score (nSPS) is 9.68. The molecule has 0 radical (unpaired) electrons. The summed E-state index contributed by atoms with van der Waals surface area (Å²) in [6.45, 7) is 2.15. The number of carboxylic acids is 2. The molecule has 7 nitrogen and oxygen atoms in total. The molecule has 1 aromatic carbocycles. The molecule has 0 amide bonds. The Balaban J connectivity index is 0.000000409. The first-order chi connectivity index (χ1) is 10.3. The van der Waals surface area contributed by atoms with Crippen LogP contribution in [0.4, 0.5) is 0 Å². The van der Waals surface area contributed by atoms with Gasteiger partial charge in [0.2, 0.25) is 0 Å². The molecule has 0 fully saturated rings. The van der Waals surface area contributed by atoms with Gasteiger partial charge in [-0.05, 0) is 18.6 Å². The van der Waals surface area contributed by atoms with Gasteiger partial charge in [0.25, 0.3) is 0 Å². The monoisotopic (exact) mass is 314 g/mol. The largest absolute Gasteiger partial charge is 0.504 e. The van der Waals surface area contributed by atoms with Crippen molar-refractivity contribution in [2.24, 2.45) is 0 Å². The van der Waals surface area contributed by atoms with E-state index in [2.05, 4.69) is 6.92 Å². The van der Waals surface area contributed by atoms with Gasteiger partial charge in [-0.25, -0.2) is 4.79 Å². The van der Waals surface area contributed by atoms with Gasteiger partial charge in [0, 0.05) is 6.42 Å². The summed E-state index contributed by atoms with van der Waals surface area (Å²) in [5.41, 5.74) is -0.289. The number of phenols is 3. The van der Waals surface area contributed by atoms with E-state index >= 15 is 0 Å². The van der Waals surface area contributed by atoms with E-state index in [0.717, 1.165) is 25.0 Å². The minimum absolute atomic E-state index is 0.289. The number of aliphatic carboxylic acids is 1. The Morgan fingerprint density at radius 3 is 1.82 bits per heavy atom. The van der Waals surface area contributed by atoms with E-state index in [4.69, 9.17) is 25.5 Å². The molecule has 22 heavy (non-hydrogen) atoms. The van der Waals surface area contributed by atoms with Gasteiger partial charge in [-0.15, -0.1) is 0 Å². The molecule has 0 spiro atoms. The van der Waals surface area contributed by atoms with Gasteiger partial charge in [-0.3, -0.25) is 4.79 Å². The molecule has 7 heteroatoms. The third-order valence-corrected chi connectivity index (χ3v) is 2.81. The first-order valence-electron chi connectivity index (χ1n) is 6.99. The lowest BCUT2D eigenvalue weighted by atomic mass is 10.1. The maximum atomic E-state index is 10.3. The lowest BCUT2D eigenvalue weighted by Gasteiger charge is -2.01. The van der Waals surface area contributed by atoms with E-state index in [9.17, 15) is 9.59 Å². The number of hydrogen-bond acceptors (Lipinski definition) is 5. The van der Waals surface area contributed by atoms with E-state index in [1.165, 1.54) is 19.3 Å². The maximum absolute atomic E-state index is 10.3. The van der Waals surface area contributed by atoms with Crippen molar-refractivity contribution in [3.8, 4) is 17.2 Å². The number of benzene rings is 1. The lowest BCUT2D eigenvalue weighted by Crippen LogP contribution is -1.95. The van der Waals surface area contributed by atoms with Crippen LogP contribution in [0.25, 0.3) is 0 Å². The molecule has 1 aromatic rings. The van der Waals surface area contributed by atoms with Crippen molar-refractivity contribution in [2.75, 3.05) is 0 Å². The quantitative estimate of drug-likeness (QED) is 0.385. The fraction of sp³-hybridized carbons (Fsp3) is 0.467. The average Bonchev–Trinajstić information content (AvgIpc) is 2.44. The highest BCUT2D eigenvalue weighted by molar-refractivity contribution is 5.89. The molecule has 0 atom stereocenters. The van der Waals surface area contributed by atoms with Crippen LogP contribution >= 0.6 is 0 Å². The molecule has 0 bridgehead atoms. The van der Waals surface area contributed by atoms with E-state index in [0.29, 0.717) is 6.42 Å². The van der Waals surface area contributed by atoms with Crippen molar-refractivity contribution in [3.63, 3.8) is 0 Å². The van der Waals surface area contributed by atoms with Crippen LogP contribution in [-0.4, -0.2) is 37.5 Å². The summed E-state index contributed by atoms with van der Waals surface area (Å²) in [6, 6.07) is 1.69. The van der Waals surface area contributed by atoms with Crippen LogP contribution < -0.4 is 0 Å². The smallest absolute Gasteiger partial charge is 0.335 e. The lowest BCUT2D eigenvalue weighted by molar-refractivity contribution is -0.137. The van der Waals surface area contributed by atoms with Crippen LogP contribution in [-0.2, 0) is 4.79 Å². The van der Waals surface area contributed by atoms with Crippen molar-refractivity contribution in [3.05, 3.63) is 17.7 Å². The summed E-state index contributed by atoms with van der Waals surface area (Å²) in [4.78, 5) is 20.3. The topological polar surface area (TPSA) is 135 Å². The zero-order valence-electron chi connectivity index (χ0n) is 12.4. The number of carbonyl (C=O) groups is 2. The van der Waals surface area contributed by atoms with Crippen molar-refractivity contribution >= 4 is 11.9 Å². The van der Waals surface area contributed by atoms with Crippen LogP contribution in [0.5, 0.6) is 17.2 Å². The van der Waals surface area contributed by atoms with E-state index < -0.39 is 29.2 Å². The molecule has 5 N–H and O–H groups in total. The zero-order valence-corrected chi connectivity index (χ0v) is 12.4. The maximum Gasteiger partial charge on any atom is 0.335 e. The Labute approximate surface area is 128 Å². The molecule has 0 aliphatic rings. The van der Waals surface area contributed by atoms with Crippen molar-refractivity contribution in [2.45, 2.75) is 45.4 Å². The number of aromatic hydroxyl groups is 3. The number of aromatic carboxylic acids is 1. The summed E-state index contributed by atoms with van der Waals surface area (Å²) >= 11 is 0. The highest BCUT2D eigenvalue weighted by Gasteiger charge is 2.11. The molecule has 0 aromatic heterocycles. The second-order valence-electron chi connectivity index (χ2n) is 4.73. The Morgan fingerprint density at radius 1 is 0.909 bits per heavy atom. The second-order valence-corrected chi connectivity index (χ2v) is 4.73. The van der Waals surface area contributed by atoms with Crippen molar-refractivity contribution < 1.29 is 35.1 Å². The number of unbranched alkanes of at least 4 members (excludes halogenated alkanes) is 4. The van der Waals surface area contributed by atoms with Gasteiger partial charge in [0.05, 0.1) is 5.56 Å². The summed E-state index contributed by atoms with van der Waals surface area (Å²) in [5.74, 6) is -4.00. The summed E-state index contributed by atoms with van der Waals surface area (Å²) in [5, 5.41) is 43.2. The van der Waals surface area contributed by atoms with Crippen LogP contribution in [0.1, 0.15) is 55.8 Å². The van der Waals surface area contributed by atoms with Gasteiger partial charge in [-0.2, -0.15) is 0 Å². The molecular formula is C15H22O7. The van der Waals surface area contributed by atoms with Crippen LogP contribution in [0.2, 0.25) is 0 Å². The average molecular weight is 314 g/mol. The van der Waals surface area contributed by atoms with Gasteiger partial charge in [0.15, 0.2) is 17.2 Å². The van der Waals surface area contributed by atoms with E-state index in [-0.39, 0.29) is 5.56 Å². The van der Waals surface area contributed by atoms with Gasteiger partial charge >= 0.3 is 11.9 Å². The molecule has 0 aliphatic carbocycles. The minimum atomic E-state index is -1.29. The molecular weight excluding hydrogens is 292 g/mol. The molecule has 0 aliphatic heterocycles. The minimum Gasteiger partial charge on any atom is -0.504 e. The number of carboxylic acid groups (broad SMARTS) is 2. The first kappa shape index (κ1) is 19.6. The third-order valence-electron chi connectivity index (χ3n) is 2.81. The van der Waals surface area contributed by atoms with E-state index in [1.807, 2.05) is 0 Å². The molecule has 1 rings (SSSR count). The molecule has 0 unspecified atom stereocenters. The first-order valence-corrected chi connectivity index (χ1v) is 6.99. The zero-order chi connectivity index (χ0) is 17.1. The van der Waals surface area contributed by atoms with Gasteiger partial charge in [-0.1, -0.05) is 32.6 Å². The predicted octanol–water partition coefficient (Wildman–Crippen LogP) is 2.93. The van der Waals surface area contributed by atoms with E-state index in [1.54, 1.807) is 0 Å². The van der Waals surface area contributed by atoms with Crippen molar-refractivity contribution in [1.82, 2.24) is 0 Å². The number of rotatable bonds is 7. The summed E-state index contributed by atoms with van der Waals surface area (Å²) < 4.78 is 0. The standard InChI is InChI=1S/C8H16O2.C7H6O5/c1-2-3-4-5-6-7-8(9)10;8-4-1-3(7(11)12)2-5(9)6(4)10/h2-7H2,1H3,(H,9,10);1-2,8-10H,(H,11,12). The molecule has 0 saturated heterocycles. The third kappa shape index (κ3) is 7.98. The summed E-state index contributed by atoms with van der Waals surface area (Å²) in [6.07, 6.45) is 5.88. The van der Waals surface area contributed by atoms with Crippen LogP contribution in [0.3, 0.4) is 0 Å². The van der Waals surface area contributed by atoms with Gasteiger partial charge in [0.1, 0.15) is 0 Å².